The lowest BCUT2D eigenvalue weighted by Crippen LogP contribution is -2.36. The normalized spacial score (nSPS) is 22.4. The van der Waals surface area contributed by atoms with Crippen molar-refractivity contribution in [2.75, 3.05) is 5.32 Å². The Morgan fingerprint density at radius 1 is 1.33 bits per heavy atom. The highest BCUT2D eigenvalue weighted by Gasteiger charge is 2.49. The lowest BCUT2D eigenvalue weighted by Gasteiger charge is -2.20. The molecule has 1 aliphatic carbocycles. The van der Waals surface area contributed by atoms with Crippen LogP contribution in [0.4, 0.5) is 5.69 Å². The summed E-state index contributed by atoms with van der Waals surface area (Å²) in [6.45, 7) is 0. The van der Waals surface area contributed by atoms with Crippen LogP contribution in [0.3, 0.4) is 0 Å². The number of hydrogen-bond donors (Lipinski definition) is 2. The van der Waals surface area contributed by atoms with E-state index in [0.717, 1.165) is 12.8 Å². The fourth-order valence-electron chi connectivity index (χ4n) is 2.99. The van der Waals surface area contributed by atoms with Crippen molar-refractivity contribution in [3.63, 3.8) is 0 Å². The Bertz CT molecular complexity index is 875. The van der Waals surface area contributed by atoms with Gasteiger partial charge in [0.05, 0.1) is 17.1 Å². The van der Waals surface area contributed by atoms with Crippen LogP contribution in [0, 0.1) is 0 Å². The first-order valence-corrected chi connectivity index (χ1v) is 9.17. The summed E-state index contributed by atoms with van der Waals surface area (Å²) in [5.74, 6) is -0.415. The maximum atomic E-state index is 12.6. The molecule has 1 unspecified atom stereocenters. The van der Waals surface area contributed by atoms with Crippen LogP contribution in [0.1, 0.15) is 46.0 Å². The van der Waals surface area contributed by atoms with Crippen molar-refractivity contribution in [2.45, 2.75) is 30.8 Å². The summed E-state index contributed by atoms with van der Waals surface area (Å²) < 4.78 is 0. The molecule has 1 fully saturated rings. The Kier molecular flexibility index (Phi) is 3.73. The van der Waals surface area contributed by atoms with E-state index in [-0.39, 0.29) is 33.5 Å². The van der Waals surface area contributed by atoms with Crippen LogP contribution in [-0.4, -0.2) is 16.8 Å². The summed E-state index contributed by atoms with van der Waals surface area (Å²) >= 11 is 13.8. The fourth-order valence-corrected chi connectivity index (χ4v) is 4.60. The molecule has 1 aliphatic heterocycles. The molecule has 2 aromatic rings. The van der Waals surface area contributed by atoms with Gasteiger partial charge in [0.25, 0.3) is 5.91 Å². The molecule has 1 aromatic heterocycles. The summed E-state index contributed by atoms with van der Waals surface area (Å²) in [5.41, 5.74) is -1.04. The topological polar surface area (TPSA) is 66.4 Å². The molecule has 4 nitrogen and oxygen atoms in total. The van der Waals surface area contributed by atoms with Crippen LogP contribution in [0.15, 0.2) is 23.6 Å². The molecule has 124 valence electrons. The predicted octanol–water partition coefficient (Wildman–Crippen LogP) is 4.35. The molecule has 2 heterocycles. The SMILES string of the molecule is O=C(CC1(O)C(=O)Nc2c(Cl)ccc(Cl)c21)c1csc(C2CC2)c1. The monoisotopic (exact) mass is 381 g/mol. The maximum absolute atomic E-state index is 12.6. The van der Waals surface area contributed by atoms with Crippen molar-refractivity contribution >= 4 is 51.9 Å². The van der Waals surface area contributed by atoms with Crippen molar-refractivity contribution in [1.29, 1.82) is 0 Å². The minimum atomic E-state index is -2.00. The van der Waals surface area contributed by atoms with Crippen LogP contribution < -0.4 is 5.32 Å². The van der Waals surface area contributed by atoms with Gasteiger partial charge in [-0.2, -0.15) is 0 Å². The number of benzene rings is 1. The van der Waals surface area contributed by atoms with Gasteiger partial charge in [0.15, 0.2) is 11.4 Å². The Labute approximate surface area is 152 Å². The van der Waals surface area contributed by atoms with Gasteiger partial charge in [-0.15, -0.1) is 11.3 Å². The van der Waals surface area contributed by atoms with Crippen molar-refractivity contribution in [3.8, 4) is 0 Å². The summed E-state index contributed by atoms with van der Waals surface area (Å²) in [5, 5.41) is 15.7. The van der Waals surface area contributed by atoms with E-state index in [9.17, 15) is 14.7 Å². The van der Waals surface area contributed by atoms with Crippen molar-refractivity contribution in [1.82, 2.24) is 0 Å². The average molecular weight is 382 g/mol. The van der Waals surface area contributed by atoms with Crippen molar-refractivity contribution < 1.29 is 14.7 Å². The standard InChI is InChI=1S/C17H13Cl2NO3S/c18-10-3-4-11(19)15-14(10)17(23,16(22)20-15)6-12(21)9-5-13(24-7-9)8-1-2-8/h3-5,7-8,23H,1-2,6H2,(H,20,22). The number of amides is 1. The molecule has 1 aromatic carbocycles. The van der Waals surface area contributed by atoms with Gasteiger partial charge in [0, 0.05) is 26.4 Å². The lowest BCUT2D eigenvalue weighted by molar-refractivity contribution is -0.133. The smallest absolute Gasteiger partial charge is 0.261 e. The molecular weight excluding hydrogens is 369 g/mol. The van der Waals surface area contributed by atoms with E-state index in [1.807, 2.05) is 6.07 Å². The van der Waals surface area contributed by atoms with Gasteiger partial charge in [0.1, 0.15) is 0 Å². The summed E-state index contributed by atoms with van der Waals surface area (Å²) in [4.78, 5) is 26.1. The van der Waals surface area contributed by atoms with E-state index >= 15 is 0 Å². The molecular formula is C17H13Cl2NO3S. The second-order valence-electron chi connectivity index (χ2n) is 6.21. The highest BCUT2D eigenvalue weighted by atomic mass is 35.5. The lowest BCUT2D eigenvalue weighted by atomic mass is 9.88. The minimum absolute atomic E-state index is 0.174. The number of aliphatic hydroxyl groups is 1. The largest absolute Gasteiger partial charge is 0.375 e. The Hall–Kier alpha value is -1.40. The Morgan fingerprint density at radius 3 is 2.75 bits per heavy atom. The zero-order valence-electron chi connectivity index (χ0n) is 12.4. The van der Waals surface area contributed by atoms with E-state index in [1.165, 1.54) is 17.0 Å². The van der Waals surface area contributed by atoms with Gasteiger partial charge in [-0.05, 0) is 37.0 Å². The first-order chi connectivity index (χ1) is 11.4. The van der Waals surface area contributed by atoms with E-state index in [4.69, 9.17) is 23.2 Å². The predicted molar refractivity (Wildman–Crippen MR) is 94.2 cm³/mol. The number of carbonyl (C=O) groups is 2. The summed E-state index contributed by atoms with van der Waals surface area (Å²) in [7, 11) is 0. The van der Waals surface area contributed by atoms with Crippen LogP contribution >= 0.6 is 34.5 Å². The van der Waals surface area contributed by atoms with E-state index in [2.05, 4.69) is 5.32 Å². The molecule has 0 saturated heterocycles. The zero-order chi connectivity index (χ0) is 17.1. The molecule has 4 rings (SSSR count). The number of anilines is 1. The van der Waals surface area contributed by atoms with Gasteiger partial charge in [-0.25, -0.2) is 0 Å². The minimum Gasteiger partial charge on any atom is -0.375 e. The number of halogens is 2. The van der Waals surface area contributed by atoms with Gasteiger partial charge < -0.3 is 10.4 Å². The van der Waals surface area contributed by atoms with Gasteiger partial charge >= 0.3 is 0 Å². The first-order valence-electron chi connectivity index (χ1n) is 7.54. The maximum Gasteiger partial charge on any atom is 0.261 e. The fraction of sp³-hybridized carbons (Fsp3) is 0.294. The van der Waals surface area contributed by atoms with Crippen LogP contribution in [0.25, 0.3) is 0 Å². The average Bonchev–Trinajstić information content (AvgIpc) is 3.20. The van der Waals surface area contributed by atoms with Crippen LogP contribution in [0.5, 0.6) is 0 Å². The first kappa shape index (κ1) is 16.1. The second-order valence-corrected chi connectivity index (χ2v) is 7.96. The van der Waals surface area contributed by atoms with Crippen LogP contribution in [-0.2, 0) is 10.4 Å². The Morgan fingerprint density at radius 2 is 2.04 bits per heavy atom. The molecule has 0 bridgehead atoms. The highest BCUT2D eigenvalue weighted by Crippen LogP contribution is 2.47. The number of ketones is 1. The molecule has 24 heavy (non-hydrogen) atoms. The molecule has 7 heteroatoms. The second kappa shape index (κ2) is 5.56. The van der Waals surface area contributed by atoms with E-state index in [1.54, 1.807) is 16.7 Å². The molecule has 1 saturated carbocycles. The summed E-state index contributed by atoms with van der Waals surface area (Å²) in [6, 6.07) is 4.91. The third-order valence-electron chi connectivity index (χ3n) is 4.47. The molecule has 2 N–H and O–H groups in total. The number of fused-ring (bicyclic) bond motifs is 1. The molecule has 1 amide bonds. The van der Waals surface area contributed by atoms with Gasteiger partial charge in [0.2, 0.25) is 0 Å². The quantitative estimate of drug-likeness (QED) is 0.773. The Balaban J connectivity index is 1.67. The molecule has 1 atom stereocenters. The number of nitrogens with one attached hydrogen (secondary N) is 1. The summed E-state index contributed by atoms with van der Waals surface area (Å²) in [6.07, 6.45) is 1.94. The number of carbonyl (C=O) groups excluding carboxylic acids is 2. The zero-order valence-corrected chi connectivity index (χ0v) is 14.8. The third kappa shape index (κ3) is 2.47. The van der Waals surface area contributed by atoms with Gasteiger partial charge in [-0.3, -0.25) is 9.59 Å². The van der Waals surface area contributed by atoms with Crippen molar-refractivity contribution in [3.05, 3.63) is 49.6 Å². The van der Waals surface area contributed by atoms with Crippen LogP contribution in [0.2, 0.25) is 10.0 Å². The molecule has 0 spiro atoms. The van der Waals surface area contributed by atoms with Gasteiger partial charge in [-0.1, -0.05) is 23.2 Å². The van der Waals surface area contributed by atoms with Crippen molar-refractivity contribution in [2.24, 2.45) is 0 Å². The highest BCUT2D eigenvalue weighted by molar-refractivity contribution is 7.10. The number of Topliss-reactive ketones (excluding diaryl/α,β-unsaturated/α-hetero) is 1. The number of hydrogen-bond acceptors (Lipinski definition) is 4. The van der Waals surface area contributed by atoms with E-state index < -0.39 is 11.5 Å². The number of rotatable bonds is 4. The van der Waals surface area contributed by atoms with E-state index in [0.29, 0.717) is 11.5 Å². The number of thiophene rings is 1. The third-order valence-corrected chi connectivity index (χ3v) is 6.19. The molecule has 2 aliphatic rings. The molecule has 0 radical (unpaired) electrons.